The first kappa shape index (κ1) is 31.9. The van der Waals surface area contributed by atoms with Gasteiger partial charge in [-0.3, -0.25) is 24.2 Å². The van der Waals surface area contributed by atoms with E-state index in [1.165, 1.54) is 0 Å². The Hall–Kier alpha value is -4.54. The zero-order chi connectivity index (χ0) is 31.6. The van der Waals surface area contributed by atoms with E-state index in [4.69, 9.17) is 0 Å². The van der Waals surface area contributed by atoms with Gasteiger partial charge in [0.15, 0.2) is 0 Å². The molecule has 1 N–H and O–H groups in total. The number of hydrogen-bond donors (Lipinski definition) is 1. The van der Waals surface area contributed by atoms with E-state index < -0.39 is 6.04 Å². The number of likely N-dealkylation sites (tertiary alicyclic amines) is 1. The molecule has 11 heteroatoms. The Balaban J connectivity index is 1.35. The Labute approximate surface area is 264 Å². The molecular weight excluding hydrogens is 570 g/mol. The number of imidazole rings is 1. The fourth-order valence-electron chi connectivity index (χ4n) is 6.32. The normalized spacial score (nSPS) is 19.6. The van der Waals surface area contributed by atoms with Gasteiger partial charge in [0.1, 0.15) is 11.9 Å². The van der Waals surface area contributed by atoms with E-state index in [0.29, 0.717) is 57.5 Å². The molecule has 238 valence electrons. The maximum Gasteiger partial charge on any atom is 0.254 e. The van der Waals surface area contributed by atoms with Crippen LogP contribution in [0.25, 0.3) is 0 Å². The number of hydrogen-bond acceptors (Lipinski definition) is 6. The average molecular weight is 614 g/mol. The summed E-state index contributed by atoms with van der Waals surface area (Å²) in [5, 5.41) is 3.03. The highest BCUT2D eigenvalue weighted by molar-refractivity contribution is 5.95. The molecule has 3 aromatic rings. The number of pyridine rings is 1. The van der Waals surface area contributed by atoms with Gasteiger partial charge in [0, 0.05) is 82.5 Å². The minimum Gasteiger partial charge on any atom is -0.354 e. The molecule has 2 aromatic heterocycles. The Morgan fingerprint density at radius 1 is 0.933 bits per heavy atom. The standard InChI is InChI=1S/C34H43N7O4/c1-2-30-36-16-21-38(30)20-13-31(42)41-25-28-23-29(41)33(44)37-15-6-7-17-39(32(43)22-26-10-8-14-35-24-26)18-9-19-40(28)34(45)27-11-4-3-5-12-27/h3-5,8,10-12,14,16,21,24,28-29H,2,6-7,9,13,15,17-20,22-23,25H2,1H3,(H,37,44)/t28-,29-/m0/s1. The van der Waals surface area contributed by atoms with E-state index in [9.17, 15) is 19.2 Å². The molecule has 5 rings (SSSR count). The van der Waals surface area contributed by atoms with Crippen molar-refractivity contribution < 1.29 is 19.2 Å². The van der Waals surface area contributed by atoms with E-state index in [0.717, 1.165) is 24.2 Å². The lowest BCUT2D eigenvalue weighted by molar-refractivity contribution is -0.138. The molecule has 2 atom stereocenters. The van der Waals surface area contributed by atoms with Gasteiger partial charge in [0.05, 0.1) is 12.5 Å². The number of nitrogens with zero attached hydrogens (tertiary/aromatic N) is 6. The first-order valence-electron chi connectivity index (χ1n) is 16.0. The van der Waals surface area contributed by atoms with Gasteiger partial charge in [-0.1, -0.05) is 31.2 Å². The van der Waals surface area contributed by atoms with Crippen LogP contribution in [0.4, 0.5) is 0 Å². The molecule has 2 aliphatic heterocycles. The summed E-state index contributed by atoms with van der Waals surface area (Å²) in [6, 6.07) is 11.8. The molecule has 2 saturated heterocycles. The predicted octanol–water partition coefficient (Wildman–Crippen LogP) is 2.71. The number of nitrogens with one attached hydrogen (secondary N) is 1. The lowest BCUT2D eigenvalue weighted by Gasteiger charge is -2.31. The van der Waals surface area contributed by atoms with Crippen molar-refractivity contribution in [2.75, 3.05) is 32.7 Å². The van der Waals surface area contributed by atoms with Crippen molar-refractivity contribution in [1.82, 2.24) is 34.6 Å². The number of carbonyl (C=O) groups is 4. The molecule has 4 heterocycles. The molecule has 2 aliphatic rings. The molecule has 11 nitrogen and oxygen atoms in total. The van der Waals surface area contributed by atoms with Gasteiger partial charge in [-0.2, -0.15) is 0 Å². The Morgan fingerprint density at radius 3 is 2.53 bits per heavy atom. The summed E-state index contributed by atoms with van der Waals surface area (Å²) in [6.07, 6.45) is 10.7. The average Bonchev–Trinajstić information content (AvgIpc) is 3.72. The summed E-state index contributed by atoms with van der Waals surface area (Å²) in [5.41, 5.74) is 1.41. The van der Waals surface area contributed by atoms with Gasteiger partial charge in [-0.15, -0.1) is 0 Å². The van der Waals surface area contributed by atoms with Gasteiger partial charge in [-0.05, 0) is 49.4 Å². The van der Waals surface area contributed by atoms with Crippen molar-refractivity contribution in [3.63, 3.8) is 0 Å². The number of rotatable bonds is 7. The third kappa shape index (κ3) is 8.14. The van der Waals surface area contributed by atoms with Crippen LogP contribution in [0.15, 0.2) is 67.3 Å². The van der Waals surface area contributed by atoms with Crippen molar-refractivity contribution in [3.05, 3.63) is 84.2 Å². The van der Waals surface area contributed by atoms with Crippen LogP contribution in [0.1, 0.15) is 60.8 Å². The number of carbonyl (C=O) groups excluding carboxylic acids is 4. The largest absolute Gasteiger partial charge is 0.354 e. The number of aromatic nitrogens is 3. The summed E-state index contributed by atoms with van der Waals surface area (Å²) in [5.74, 6) is 0.477. The van der Waals surface area contributed by atoms with Crippen LogP contribution in [0.5, 0.6) is 0 Å². The summed E-state index contributed by atoms with van der Waals surface area (Å²) < 4.78 is 1.97. The third-order valence-corrected chi connectivity index (χ3v) is 8.72. The first-order chi connectivity index (χ1) is 21.9. The van der Waals surface area contributed by atoms with Crippen molar-refractivity contribution in [3.8, 4) is 0 Å². The molecular formula is C34H43N7O4. The minimum absolute atomic E-state index is 0.0156. The molecule has 0 unspecified atom stereocenters. The lowest BCUT2D eigenvalue weighted by Crippen LogP contribution is -2.46. The van der Waals surface area contributed by atoms with Crippen LogP contribution >= 0.6 is 0 Å². The van der Waals surface area contributed by atoms with Crippen LogP contribution in [-0.4, -0.2) is 97.7 Å². The zero-order valence-corrected chi connectivity index (χ0v) is 26.0. The molecule has 1 aromatic carbocycles. The Bertz CT molecular complexity index is 1440. The molecule has 0 spiro atoms. The molecule has 0 radical (unpaired) electrons. The maximum atomic E-state index is 13.9. The summed E-state index contributed by atoms with van der Waals surface area (Å²) in [7, 11) is 0. The van der Waals surface area contributed by atoms with Crippen molar-refractivity contribution in [2.45, 2.75) is 70.5 Å². The van der Waals surface area contributed by atoms with Gasteiger partial charge >= 0.3 is 0 Å². The van der Waals surface area contributed by atoms with E-state index in [-0.39, 0.29) is 49.1 Å². The van der Waals surface area contributed by atoms with Crippen molar-refractivity contribution in [2.24, 2.45) is 0 Å². The number of amides is 4. The van der Waals surface area contributed by atoms with E-state index in [1.807, 2.05) is 57.8 Å². The van der Waals surface area contributed by atoms with Crippen LogP contribution in [0.2, 0.25) is 0 Å². The van der Waals surface area contributed by atoms with Gasteiger partial charge in [-0.25, -0.2) is 4.98 Å². The predicted molar refractivity (Wildman–Crippen MR) is 169 cm³/mol. The topological polar surface area (TPSA) is 121 Å². The zero-order valence-electron chi connectivity index (χ0n) is 26.0. The molecule has 2 bridgehead atoms. The second-order valence-electron chi connectivity index (χ2n) is 11.7. The number of aryl methyl sites for hydroxylation is 2. The van der Waals surface area contributed by atoms with Gasteiger partial charge in [0.2, 0.25) is 17.7 Å². The Kier molecular flexibility index (Phi) is 10.9. The molecule has 2 fully saturated rings. The lowest BCUT2D eigenvalue weighted by atomic mass is 10.1. The van der Waals surface area contributed by atoms with Crippen LogP contribution in [-0.2, 0) is 33.8 Å². The summed E-state index contributed by atoms with van der Waals surface area (Å²) >= 11 is 0. The van der Waals surface area contributed by atoms with Crippen LogP contribution < -0.4 is 5.32 Å². The van der Waals surface area contributed by atoms with E-state index in [1.54, 1.807) is 35.6 Å². The molecule has 4 amide bonds. The van der Waals surface area contributed by atoms with E-state index >= 15 is 0 Å². The maximum absolute atomic E-state index is 13.9. The fourth-order valence-corrected chi connectivity index (χ4v) is 6.32. The molecule has 0 aliphatic carbocycles. The van der Waals surface area contributed by atoms with Crippen LogP contribution in [0.3, 0.4) is 0 Å². The smallest absolute Gasteiger partial charge is 0.254 e. The van der Waals surface area contributed by atoms with Gasteiger partial charge < -0.3 is 24.6 Å². The third-order valence-electron chi connectivity index (χ3n) is 8.72. The van der Waals surface area contributed by atoms with Crippen molar-refractivity contribution >= 4 is 23.6 Å². The van der Waals surface area contributed by atoms with Crippen LogP contribution in [0, 0.1) is 0 Å². The number of fused-ring (bicyclic) bond motifs is 2. The molecule has 0 saturated carbocycles. The summed E-state index contributed by atoms with van der Waals surface area (Å²) in [6.45, 7) is 4.71. The second kappa shape index (κ2) is 15.5. The minimum atomic E-state index is -0.650. The SMILES string of the molecule is CCc1nccn1CCC(=O)N1C[C@@H]2C[C@H]1C(=O)NCCCCN(C(=O)Cc1cccnc1)CCCN2C(=O)c1ccccc1. The van der Waals surface area contributed by atoms with Gasteiger partial charge in [0.25, 0.3) is 5.91 Å². The quantitative estimate of drug-likeness (QED) is 0.438. The highest BCUT2D eigenvalue weighted by Crippen LogP contribution is 2.26. The fraction of sp³-hybridized carbons (Fsp3) is 0.471. The highest BCUT2D eigenvalue weighted by atomic mass is 16.2. The summed E-state index contributed by atoms with van der Waals surface area (Å²) in [4.78, 5) is 68.2. The second-order valence-corrected chi connectivity index (χ2v) is 11.7. The van der Waals surface area contributed by atoms with E-state index in [2.05, 4.69) is 15.3 Å². The molecule has 45 heavy (non-hydrogen) atoms. The van der Waals surface area contributed by atoms with Crippen molar-refractivity contribution in [1.29, 1.82) is 0 Å². The monoisotopic (exact) mass is 613 g/mol. The highest BCUT2D eigenvalue weighted by Gasteiger charge is 2.43. The Morgan fingerprint density at radius 2 is 1.76 bits per heavy atom. The first-order valence-corrected chi connectivity index (χ1v) is 16.0. The number of benzene rings is 1.